The molecule has 0 aliphatic heterocycles. The zero-order chi connectivity index (χ0) is 21.9. The summed E-state index contributed by atoms with van der Waals surface area (Å²) in [5, 5.41) is 11.5. The summed E-state index contributed by atoms with van der Waals surface area (Å²) in [4.78, 5) is 0. The van der Waals surface area contributed by atoms with Gasteiger partial charge in [0, 0.05) is 0 Å². The van der Waals surface area contributed by atoms with Crippen molar-refractivity contribution in [3.8, 4) is 0 Å². The molecule has 0 aromatic carbocycles. The van der Waals surface area contributed by atoms with Crippen molar-refractivity contribution in [2.24, 2.45) is 51.8 Å². The van der Waals surface area contributed by atoms with E-state index in [1.807, 2.05) is 0 Å². The van der Waals surface area contributed by atoms with Crippen molar-refractivity contribution in [3.63, 3.8) is 0 Å². The second-order valence-electron chi connectivity index (χ2n) is 13.5. The van der Waals surface area contributed by atoms with Gasteiger partial charge in [-0.1, -0.05) is 85.8 Å². The molecule has 0 spiro atoms. The van der Waals surface area contributed by atoms with Crippen LogP contribution in [0.3, 0.4) is 0 Å². The molecule has 1 heteroatoms. The molecule has 0 heterocycles. The standard InChI is InChI=1S/C29H50O/c1-19(2)10-8-11-20(3)21-12-13-22-26-23(14-17-28(21,22)6)29(7)16-9-15-27(4,5)25(29)18-24(26)30/h18-24,26,30H,8-17H2,1-7H3/t20-,21-,22+,23+,24+,26+,28-,29-/m1/s1. The van der Waals surface area contributed by atoms with E-state index in [1.165, 1.54) is 64.2 Å². The summed E-state index contributed by atoms with van der Waals surface area (Å²) in [6, 6.07) is 0. The molecule has 172 valence electrons. The van der Waals surface area contributed by atoms with Crippen LogP contribution in [0.15, 0.2) is 11.6 Å². The average molecular weight is 415 g/mol. The fourth-order valence-corrected chi connectivity index (χ4v) is 9.46. The highest BCUT2D eigenvalue weighted by molar-refractivity contribution is 5.31. The van der Waals surface area contributed by atoms with Gasteiger partial charge in [-0.15, -0.1) is 0 Å². The average Bonchev–Trinajstić information content (AvgIpc) is 3.00. The molecule has 4 aliphatic rings. The number of rotatable bonds is 5. The van der Waals surface area contributed by atoms with Gasteiger partial charge < -0.3 is 5.11 Å². The van der Waals surface area contributed by atoms with E-state index in [2.05, 4.69) is 54.5 Å². The Bertz CT molecular complexity index is 659. The van der Waals surface area contributed by atoms with Gasteiger partial charge in [0.05, 0.1) is 6.10 Å². The second kappa shape index (κ2) is 7.93. The lowest BCUT2D eigenvalue weighted by Gasteiger charge is -2.61. The van der Waals surface area contributed by atoms with Crippen molar-refractivity contribution < 1.29 is 5.11 Å². The third kappa shape index (κ3) is 3.54. The smallest absolute Gasteiger partial charge is 0.0757 e. The summed E-state index contributed by atoms with van der Waals surface area (Å²) < 4.78 is 0. The monoisotopic (exact) mass is 414 g/mol. The summed E-state index contributed by atoms with van der Waals surface area (Å²) in [5.41, 5.74) is 2.65. The SMILES string of the molecule is CC(C)CCC[C@@H](C)[C@H]1CC[C@H]2[C@@H]3[C@@H](O)C=C4C(C)(C)CCC[C@]4(C)[C@H]3CC[C@]12C. The largest absolute Gasteiger partial charge is 0.389 e. The van der Waals surface area contributed by atoms with Crippen molar-refractivity contribution in [1.82, 2.24) is 0 Å². The van der Waals surface area contributed by atoms with Crippen LogP contribution >= 0.6 is 0 Å². The van der Waals surface area contributed by atoms with Gasteiger partial charge in [-0.3, -0.25) is 0 Å². The first-order valence-electron chi connectivity index (χ1n) is 13.4. The fourth-order valence-electron chi connectivity index (χ4n) is 9.46. The third-order valence-corrected chi connectivity index (χ3v) is 10.9. The van der Waals surface area contributed by atoms with Gasteiger partial charge in [0.15, 0.2) is 0 Å². The number of aliphatic hydroxyl groups is 1. The van der Waals surface area contributed by atoms with Crippen molar-refractivity contribution >= 4 is 0 Å². The maximum atomic E-state index is 11.5. The van der Waals surface area contributed by atoms with Crippen LogP contribution < -0.4 is 0 Å². The van der Waals surface area contributed by atoms with Gasteiger partial charge in [0.2, 0.25) is 0 Å². The van der Waals surface area contributed by atoms with Crippen LogP contribution in [0.1, 0.15) is 113 Å². The molecule has 0 saturated heterocycles. The lowest BCUT2D eigenvalue weighted by atomic mass is 9.44. The fraction of sp³-hybridized carbons (Fsp3) is 0.931. The van der Waals surface area contributed by atoms with Crippen LogP contribution in [0.5, 0.6) is 0 Å². The molecule has 0 aromatic rings. The van der Waals surface area contributed by atoms with Crippen molar-refractivity contribution in [1.29, 1.82) is 0 Å². The van der Waals surface area contributed by atoms with Crippen molar-refractivity contribution in [3.05, 3.63) is 11.6 Å². The molecule has 4 rings (SSSR count). The summed E-state index contributed by atoms with van der Waals surface area (Å²) in [5.74, 6) is 4.46. The zero-order valence-electron chi connectivity index (χ0n) is 21.1. The maximum Gasteiger partial charge on any atom is 0.0757 e. The predicted molar refractivity (Wildman–Crippen MR) is 128 cm³/mol. The zero-order valence-corrected chi connectivity index (χ0v) is 21.1. The van der Waals surface area contributed by atoms with Crippen LogP contribution in [0.2, 0.25) is 0 Å². The molecule has 3 fully saturated rings. The van der Waals surface area contributed by atoms with E-state index in [0.29, 0.717) is 22.7 Å². The minimum absolute atomic E-state index is 0.213. The van der Waals surface area contributed by atoms with Gasteiger partial charge in [-0.2, -0.15) is 0 Å². The van der Waals surface area contributed by atoms with Crippen LogP contribution in [-0.4, -0.2) is 11.2 Å². The van der Waals surface area contributed by atoms with Crippen LogP contribution in [0.4, 0.5) is 0 Å². The molecule has 0 bridgehead atoms. The molecule has 0 unspecified atom stereocenters. The molecule has 8 atom stereocenters. The lowest BCUT2D eigenvalue weighted by Crippen LogP contribution is -2.56. The topological polar surface area (TPSA) is 20.2 Å². The Kier molecular flexibility index (Phi) is 6.05. The number of hydrogen-bond donors (Lipinski definition) is 1. The summed E-state index contributed by atoms with van der Waals surface area (Å²) in [7, 11) is 0. The van der Waals surface area contributed by atoms with Gasteiger partial charge in [0.25, 0.3) is 0 Å². The maximum absolute atomic E-state index is 11.5. The normalized spacial score (nSPS) is 46.0. The Morgan fingerprint density at radius 2 is 1.67 bits per heavy atom. The first-order valence-corrected chi connectivity index (χ1v) is 13.4. The van der Waals surface area contributed by atoms with E-state index in [4.69, 9.17) is 0 Å². The van der Waals surface area contributed by atoms with Gasteiger partial charge in [-0.25, -0.2) is 0 Å². The highest BCUT2D eigenvalue weighted by Gasteiger charge is 2.62. The Labute approximate surface area is 187 Å². The summed E-state index contributed by atoms with van der Waals surface area (Å²) in [6.45, 7) is 17.3. The minimum Gasteiger partial charge on any atom is -0.389 e. The number of hydrogen-bond acceptors (Lipinski definition) is 1. The quantitative estimate of drug-likeness (QED) is 0.451. The molecule has 1 N–H and O–H groups in total. The van der Waals surface area contributed by atoms with E-state index >= 15 is 0 Å². The van der Waals surface area contributed by atoms with E-state index in [1.54, 1.807) is 5.57 Å². The Morgan fingerprint density at radius 3 is 2.37 bits per heavy atom. The highest BCUT2D eigenvalue weighted by atomic mass is 16.3. The Morgan fingerprint density at radius 1 is 0.933 bits per heavy atom. The van der Waals surface area contributed by atoms with Gasteiger partial charge >= 0.3 is 0 Å². The minimum atomic E-state index is -0.213. The molecular formula is C29H50O. The van der Waals surface area contributed by atoms with Crippen LogP contribution in [-0.2, 0) is 0 Å². The molecular weight excluding hydrogens is 364 g/mol. The highest BCUT2D eigenvalue weighted by Crippen LogP contribution is 2.68. The van der Waals surface area contributed by atoms with Crippen molar-refractivity contribution in [2.75, 3.05) is 0 Å². The van der Waals surface area contributed by atoms with E-state index in [0.717, 1.165) is 23.7 Å². The Balaban J connectivity index is 1.57. The van der Waals surface area contributed by atoms with E-state index in [9.17, 15) is 5.11 Å². The number of fused-ring (bicyclic) bond motifs is 5. The predicted octanol–water partition coefficient (Wildman–Crippen LogP) is 8.02. The Hall–Kier alpha value is -0.300. The first kappa shape index (κ1) is 22.9. The molecule has 0 amide bonds. The molecule has 0 radical (unpaired) electrons. The van der Waals surface area contributed by atoms with Gasteiger partial charge in [-0.05, 0) is 90.3 Å². The number of aliphatic hydroxyl groups excluding tert-OH is 1. The molecule has 4 aliphatic carbocycles. The lowest BCUT2D eigenvalue weighted by molar-refractivity contribution is -0.0987. The summed E-state index contributed by atoms with van der Waals surface area (Å²) >= 11 is 0. The molecule has 3 saturated carbocycles. The molecule has 0 aromatic heterocycles. The second-order valence-corrected chi connectivity index (χ2v) is 13.5. The molecule has 30 heavy (non-hydrogen) atoms. The molecule has 1 nitrogen and oxygen atoms in total. The summed E-state index contributed by atoms with van der Waals surface area (Å²) in [6.07, 6.45) is 15.8. The third-order valence-electron chi connectivity index (χ3n) is 10.9. The van der Waals surface area contributed by atoms with Crippen molar-refractivity contribution in [2.45, 2.75) is 119 Å². The first-order chi connectivity index (χ1) is 14.0. The van der Waals surface area contributed by atoms with Crippen LogP contribution in [0, 0.1) is 51.8 Å². The van der Waals surface area contributed by atoms with Crippen LogP contribution in [0.25, 0.3) is 0 Å². The number of allylic oxidation sites excluding steroid dienone is 1. The van der Waals surface area contributed by atoms with E-state index < -0.39 is 0 Å². The van der Waals surface area contributed by atoms with E-state index in [-0.39, 0.29) is 11.5 Å². The van der Waals surface area contributed by atoms with Gasteiger partial charge in [0.1, 0.15) is 0 Å².